The summed E-state index contributed by atoms with van der Waals surface area (Å²) in [6, 6.07) is 0. The molecule has 28 heavy (non-hydrogen) atoms. The topological polar surface area (TPSA) is 76.9 Å². The standard InChI is InChI=1S/C21H32N6O/c1-17(28)12-20(25-16-27-8-4-3-5-9-27)19-6-10-26(11-7-19)15-18-13-23-21(22-2)24-14-18/h12-14,16,19,28H,1,3-11,15H2,2H3,(H,22,23,24)/b20-12-,25-16?. The first-order chi connectivity index (χ1) is 13.6. The second-order valence-electron chi connectivity index (χ2n) is 7.62. The molecule has 0 atom stereocenters. The van der Waals surface area contributed by atoms with Crippen molar-refractivity contribution in [2.24, 2.45) is 10.9 Å². The average Bonchev–Trinajstić information content (AvgIpc) is 2.73. The molecule has 2 aliphatic rings. The minimum Gasteiger partial charge on any atom is -0.509 e. The van der Waals surface area contributed by atoms with Gasteiger partial charge >= 0.3 is 0 Å². The Morgan fingerprint density at radius 3 is 2.50 bits per heavy atom. The predicted octanol–water partition coefficient (Wildman–Crippen LogP) is 3.20. The molecule has 7 nitrogen and oxygen atoms in total. The molecule has 0 radical (unpaired) electrons. The lowest BCUT2D eigenvalue weighted by atomic mass is 9.93. The number of likely N-dealkylation sites (tertiary alicyclic amines) is 2. The third-order valence-corrected chi connectivity index (χ3v) is 5.42. The van der Waals surface area contributed by atoms with Crippen LogP contribution in [0.25, 0.3) is 0 Å². The van der Waals surface area contributed by atoms with Crippen molar-refractivity contribution in [2.45, 2.75) is 38.6 Å². The summed E-state index contributed by atoms with van der Waals surface area (Å²) in [5, 5.41) is 12.6. The van der Waals surface area contributed by atoms with Gasteiger partial charge in [0.2, 0.25) is 5.95 Å². The number of rotatable bonds is 7. The summed E-state index contributed by atoms with van der Waals surface area (Å²) < 4.78 is 0. The van der Waals surface area contributed by atoms with Gasteiger partial charge in [-0.1, -0.05) is 6.58 Å². The van der Waals surface area contributed by atoms with Crippen LogP contribution in [-0.2, 0) is 6.54 Å². The summed E-state index contributed by atoms with van der Waals surface area (Å²) in [5.41, 5.74) is 2.07. The van der Waals surface area contributed by atoms with E-state index in [-0.39, 0.29) is 5.76 Å². The second-order valence-corrected chi connectivity index (χ2v) is 7.62. The number of nitrogens with zero attached hydrogens (tertiary/aromatic N) is 5. The first-order valence-corrected chi connectivity index (χ1v) is 10.2. The second kappa shape index (κ2) is 10.2. The average molecular weight is 385 g/mol. The third-order valence-electron chi connectivity index (χ3n) is 5.42. The highest BCUT2D eigenvalue weighted by Crippen LogP contribution is 2.27. The Balaban J connectivity index is 1.55. The van der Waals surface area contributed by atoms with Crippen molar-refractivity contribution in [2.75, 3.05) is 38.5 Å². The van der Waals surface area contributed by atoms with Gasteiger partial charge in [-0.25, -0.2) is 15.0 Å². The quantitative estimate of drug-likeness (QED) is 0.325. The van der Waals surface area contributed by atoms with E-state index in [1.165, 1.54) is 19.3 Å². The van der Waals surface area contributed by atoms with Gasteiger partial charge in [0.1, 0.15) is 5.76 Å². The van der Waals surface area contributed by atoms with Gasteiger partial charge in [0.25, 0.3) is 0 Å². The number of piperidine rings is 2. The molecule has 0 aliphatic carbocycles. The summed E-state index contributed by atoms with van der Waals surface area (Å²) in [5.74, 6) is 1.08. The number of hydrogen-bond acceptors (Lipinski definition) is 6. The normalized spacial score (nSPS) is 19.9. The molecule has 0 spiro atoms. The zero-order valence-electron chi connectivity index (χ0n) is 16.8. The van der Waals surface area contributed by atoms with Crippen LogP contribution >= 0.6 is 0 Å². The van der Waals surface area contributed by atoms with Gasteiger partial charge in [0, 0.05) is 62.3 Å². The van der Waals surface area contributed by atoms with Crippen molar-refractivity contribution in [3.8, 4) is 0 Å². The van der Waals surface area contributed by atoms with Crippen LogP contribution in [0.5, 0.6) is 0 Å². The van der Waals surface area contributed by atoms with E-state index in [0.29, 0.717) is 11.9 Å². The van der Waals surface area contributed by atoms with E-state index in [1.54, 1.807) is 6.08 Å². The van der Waals surface area contributed by atoms with Crippen molar-refractivity contribution in [3.05, 3.63) is 42.1 Å². The molecule has 0 unspecified atom stereocenters. The molecule has 2 fully saturated rings. The number of aliphatic hydroxyl groups excluding tert-OH is 1. The van der Waals surface area contributed by atoms with Crippen LogP contribution in [0.4, 0.5) is 5.95 Å². The van der Waals surface area contributed by atoms with E-state index in [1.807, 2.05) is 25.8 Å². The molecule has 2 saturated heterocycles. The molecular weight excluding hydrogens is 352 g/mol. The van der Waals surface area contributed by atoms with Gasteiger partial charge < -0.3 is 15.3 Å². The van der Waals surface area contributed by atoms with Crippen LogP contribution in [0.15, 0.2) is 41.5 Å². The maximum Gasteiger partial charge on any atom is 0.222 e. The van der Waals surface area contributed by atoms with Crippen LogP contribution < -0.4 is 5.32 Å². The molecule has 0 bridgehead atoms. The van der Waals surface area contributed by atoms with E-state index < -0.39 is 0 Å². The number of aliphatic hydroxyl groups is 1. The van der Waals surface area contributed by atoms with Gasteiger partial charge in [0.15, 0.2) is 0 Å². The van der Waals surface area contributed by atoms with Gasteiger partial charge in [-0.05, 0) is 45.2 Å². The molecule has 1 aromatic heterocycles. The van der Waals surface area contributed by atoms with Crippen molar-refractivity contribution >= 4 is 12.3 Å². The Morgan fingerprint density at radius 2 is 1.89 bits per heavy atom. The fourth-order valence-corrected chi connectivity index (χ4v) is 3.82. The Hall–Kier alpha value is -2.41. The molecule has 3 rings (SSSR count). The van der Waals surface area contributed by atoms with Crippen molar-refractivity contribution in [1.29, 1.82) is 0 Å². The molecule has 0 saturated carbocycles. The number of aromatic nitrogens is 2. The van der Waals surface area contributed by atoms with Crippen molar-refractivity contribution < 1.29 is 5.11 Å². The molecular formula is C21H32N6O. The highest BCUT2D eigenvalue weighted by molar-refractivity contribution is 5.57. The highest BCUT2D eigenvalue weighted by Gasteiger charge is 2.23. The van der Waals surface area contributed by atoms with Gasteiger partial charge in [-0.15, -0.1) is 0 Å². The first-order valence-electron chi connectivity index (χ1n) is 10.2. The maximum atomic E-state index is 9.69. The molecule has 0 amide bonds. The smallest absolute Gasteiger partial charge is 0.222 e. The summed E-state index contributed by atoms with van der Waals surface area (Å²) in [7, 11) is 1.82. The highest BCUT2D eigenvalue weighted by atomic mass is 16.3. The minimum absolute atomic E-state index is 0.0787. The zero-order valence-corrected chi connectivity index (χ0v) is 16.8. The van der Waals surface area contributed by atoms with Gasteiger partial charge in [-0.2, -0.15) is 0 Å². The molecule has 3 heterocycles. The molecule has 7 heteroatoms. The molecule has 0 aromatic carbocycles. The van der Waals surface area contributed by atoms with Crippen molar-refractivity contribution in [1.82, 2.24) is 19.8 Å². The largest absolute Gasteiger partial charge is 0.509 e. The number of nitrogens with one attached hydrogen (secondary N) is 1. The van der Waals surface area contributed by atoms with Gasteiger partial charge in [-0.3, -0.25) is 4.90 Å². The number of anilines is 1. The van der Waals surface area contributed by atoms with E-state index in [4.69, 9.17) is 4.99 Å². The zero-order chi connectivity index (χ0) is 19.8. The number of hydrogen-bond donors (Lipinski definition) is 2. The van der Waals surface area contributed by atoms with Crippen LogP contribution in [0.3, 0.4) is 0 Å². The van der Waals surface area contributed by atoms with Crippen LogP contribution in [0.1, 0.15) is 37.7 Å². The molecule has 152 valence electrons. The van der Waals surface area contributed by atoms with E-state index in [9.17, 15) is 5.11 Å². The number of aliphatic imine (C=N–C) groups is 1. The van der Waals surface area contributed by atoms with Gasteiger partial charge in [0.05, 0.1) is 6.34 Å². The van der Waals surface area contributed by atoms with E-state index >= 15 is 0 Å². The maximum absolute atomic E-state index is 9.69. The lowest BCUT2D eigenvalue weighted by molar-refractivity contribution is 0.190. The Labute approximate surface area is 167 Å². The van der Waals surface area contributed by atoms with Crippen molar-refractivity contribution in [3.63, 3.8) is 0 Å². The summed E-state index contributed by atoms with van der Waals surface area (Å²) >= 11 is 0. The third kappa shape index (κ3) is 6.05. The van der Waals surface area contributed by atoms with Crippen LogP contribution in [0.2, 0.25) is 0 Å². The fourth-order valence-electron chi connectivity index (χ4n) is 3.82. The lowest BCUT2D eigenvalue weighted by Crippen LogP contribution is -2.34. The summed E-state index contributed by atoms with van der Waals surface area (Å²) in [6.45, 7) is 8.62. The Kier molecular flexibility index (Phi) is 7.42. The Bertz CT molecular complexity index is 685. The van der Waals surface area contributed by atoms with E-state index in [2.05, 4.69) is 31.7 Å². The first kappa shape index (κ1) is 20.3. The molecule has 2 aliphatic heterocycles. The molecule has 1 aromatic rings. The fraction of sp³-hybridized carbons (Fsp3) is 0.571. The van der Waals surface area contributed by atoms with Crippen LogP contribution in [0, 0.1) is 5.92 Å². The summed E-state index contributed by atoms with van der Waals surface area (Å²) in [4.78, 5) is 18.0. The summed E-state index contributed by atoms with van der Waals surface area (Å²) in [6.07, 6.45) is 13.3. The minimum atomic E-state index is 0.0787. The molecule has 2 N–H and O–H groups in total. The SMILES string of the molecule is C=C(O)/C=C(\N=CN1CCCCC1)C1CCN(Cc2cnc(NC)nc2)CC1. The monoisotopic (exact) mass is 384 g/mol. The Morgan fingerprint density at radius 1 is 1.21 bits per heavy atom. The number of allylic oxidation sites excluding steroid dienone is 2. The van der Waals surface area contributed by atoms with E-state index in [0.717, 1.165) is 56.8 Å². The predicted molar refractivity (Wildman–Crippen MR) is 113 cm³/mol. The lowest BCUT2D eigenvalue weighted by Gasteiger charge is -2.32. The van der Waals surface area contributed by atoms with Crippen LogP contribution in [-0.4, -0.2) is 64.4 Å².